The van der Waals surface area contributed by atoms with Gasteiger partial charge in [0.2, 0.25) is 0 Å². The number of hydrogen-bond donors (Lipinski definition) is 2. The van der Waals surface area contributed by atoms with Crippen molar-refractivity contribution in [3.63, 3.8) is 0 Å². The van der Waals surface area contributed by atoms with Crippen LogP contribution in [0.4, 0.5) is 11.6 Å². The molecule has 1 aromatic heterocycles. The molecule has 1 saturated carbocycles. The number of aryl methyl sites for hydroxylation is 1. The molecule has 0 saturated heterocycles. The molecule has 2 rings (SSSR count). The molecule has 0 aromatic carbocycles. The number of anilines is 2. The molecule has 4 nitrogen and oxygen atoms in total. The molecule has 0 atom stereocenters. The van der Waals surface area contributed by atoms with E-state index >= 15 is 0 Å². The fourth-order valence-electron chi connectivity index (χ4n) is 2.47. The Balaban J connectivity index is 2.05. The van der Waals surface area contributed by atoms with E-state index < -0.39 is 0 Å². The molecule has 0 spiro atoms. The van der Waals surface area contributed by atoms with Crippen molar-refractivity contribution in [1.29, 1.82) is 0 Å². The molecule has 0 amide bonds. The van der Waals surface area contributed by atoms with Crippen LogP contribution in [0.3, 0.4) is 0 Å². The maximum absolute atomic E-state index is 4.63. The van der Waals surface area contributed by atoms with Crippen LogP contribution in [0.15, 0.2) is 6.07 Å². The third-order valence-electron chi connectivity index (χ3n) is 3.89. The quantitative estimate of drug-likeness (QED) is 0.768. The molecule has 0 radical (unpaired) electrons. The molecule has 0 aliphatic heterocycles. The van der Waals surface area contributed by atoms with Crippen LogP contribution < -0.4 is 10.6 Å². The average molecular weight is 294 g/mol. The van der Waals surface area contributed by atoms with Gasteiger partial charge in [0.05, 0.1) is 0 Å². The van der Waals surface area contributed by atoms with Gasteiger partial charge < -0.3 is 10.6 Å². The number of nitrogens with one attached hydrogen (secondary N) is 2. The first-order valence-corrected chi connectivity index (χ1v) is 8.84. The minimum Gasteiger partial charge on any atom is -0.370 e. The van der Waals surface area contributed by atoms with Gasteiger partial charge in [-0.1, -0.05) is 13.3 Å². The highest BCUT2D eigenvalue weighted by Crippen LogP contribution is 2.42. The van der Waals surface area contributed by atoms with E-state index in [2.05, 4.69) is 40.7 Å². The predicted molar refractivity (Wildman–Crippen MR) is 88.8 cm³/mol. The summed E-state index contributed by atoms with van der Waals surface area (Å²) in [5, 5.41) is 6.81. The fourth-order valence-corrected chi connectivity index (χ4v) is 3.38. The van der Waals surface area contributed by atoms with E-state index in [-0.39, 0.29) is 0 Å². The summed E-state index contributed by atoms with van der Waals surface area (Å²) in [5.74, 6) is 2.82. The van der Waals surface area contributed by atoms with Crippen LogP contribution in [0.5, 0.6) is 0 Å². The van der Waals surface area contributed by atoms with Crippen LogP contribution in [0, 0.1) is 0 Å². The van der Waals surface area contributed by atoms with Gasteiger partial charge in [-0.25, -0.2) is 9.97 Å². The lowest BCUT2D eigenvalue weighted by Crippen LogP contribution is -2.40. The van der Waals surface area contributed by atoms with E-state index in [1.54, 1.807) is 0 Å². The third-order valence-corrected chi connectivity index (χ3v) is 5.31. The molecule has 2 N–H and O–H groups in total. The second-order valence-electron chi connectivity index (χ2n) is 5.43. The van der Waals surface area contributed by atoms with Crippen molar-refractivity contribution in [2.45, 2.75) is 50.7 Å². The van der Waals surface area contributed by atoms with Crippen molar-refractivity contribution >= 4 is 23.4 Å². The Morgan fingerprint density at radius 2 is 1.90 bits per heavy atom. The lowest BCUT2D eigenvalue weighted by molar-refractivity contribution is 0.379. The molecule has 20 heavy (non-hydrogen) atoms. The minimum atomic E-state index is 0.425. The third kappa shape index (κ3) is 3.78. The summed E-state index contributed by atoms with van der Waals surface area (Å²) in [5.41, 5.74) is 0. The zero-order valence-corrected chi connectivity index (χ0v) is 13.6. The largest absolute Gasteiger partial charge is 0.370 e. The SMILES string of the molecule is CCCc1nc(NCC)cc(NCC2(SC)CCC2)n1. The van der Waals surface area contributed by atoms with Gasteiger partial charge in [-0.3, -0.25) is 0 Å². The summed E-state index contributed by atoms with van der Waals surface area (Å²) in [6, 6.07) is 2.02. The minimum absolute atomic E-state index is 0.425. The summed E-state index contributed by atoms with van der Waals surface area (Å²) in [4.78, 5) is 9.17. The fraction of sp³-hybridized carbons (Fsp3) is 0.733. The summed E-state index contributed by atoms with van der Waals surface area (Å²) in [6.45, 7) is 6.14. The molecule has 1 fully saturated rings. The van der Waals surface area contributed by atoms with Crippen molar-refractivity contribution < 1.29 is 0 Å². The van der Waals surface area contributed by atoms with Gasteiger partial charge in [0.1, 0.15) is 17.5 Å². The number of rotatable bonds is 8. The number of aromatic nitrogens is 2. The first-order chi connectivity index (χ1) is 9.71. The van der Waals surface area contributed by atoms with E-state index in [0.29, 0.717) is 4.75 Å². The molecule has 0 unspecified atom stereocenters. The van der Waals surface area contributed by atoms with E-state index in [4.69, 9.17) is 0 Å². The Labute approximate surface area is 126 Å². The van der Waals surface area contributed by atoms with E-state index in [1.807, 2.05) is 17.8 Å². The molecule has 1 aromatic rings. The van der Waals surface area contributed by atoms with Crippen molar-refractivity contribution in [1.82, 2.24) is 9.97 Å². The van der Waals surface area contributed by atoms with Gasteiger partial charge in [0.25, 0.3) is 0 Å². The topological polar surface area (TPSA) is 49.8 Å². The molecule has 1 aliphatic carbocycles. The monoisotopic (exact) mass is 294 g/mol. The average Bonchev–Trinajstić information content (AvgIpc) is 2.38. The standard InChI is InChI=1S/C15H26N4S/c1-4-7-12-18-13(16-5-2)10-14(19-12)17-11-15(20-3)8-6-9-15/h10H,4-9,11H2,1-3H3,(H2,16,17,18,19). The lowest BCUT2D eigenvalue weighted by atomic mass is 9.84. The van der Waals surface area contributed by atoms with Gasteiger partial charge >= 0.3 is 0 Å². The van der Waals surface area contributed by atoms with Crippen molar-refractivity contribution in [3.05, 3.63) is 11.9 Å². The molecular weight excluding hydrogens is 268 g/mol. The van der Waals surface area contributed by atoms with Crippen molar-refractivity contribution in [2.75, 3.05) is 30.0 Å². The highest BCUT2D eigenvalue weighted by atomic mass is 32.2. The lowest BCUT2D eigenvalue weighted by Gasteiger charge is -2.40. The molecule has 1 heterocycles. The Bertz CT molecular complexity index is 402. The Morgan fingerprint density at radius 1 is 1.20 bits per heavy atom. The normalized spacial score (nSPS) is 16.6. The van der Waals surface area contributed by atoms with Gasteiger partial charge in [-0.05, 0) is 32.4 Å². The first-order valence-electron chi connectivity index (χ1n) is 7.62. The Kier molecular flexibility index (Phi) is 5.52. The van der Waals surface area contributed by atoms with Crippen LogP contribution in [0.2, 0.25) is 0 Å². The highest BCUT2D eigenvalue weighted by molar-refractivity contribution is 8.00. The molecule has 112 valence electrons. The van der Waals surface area contributed by atoms with Crippen molar-refractivity contribution in [3.8, 4) is 0 Å². The number of nitrogens with zero attached hydrogens (tertiary/aromatic N) is 2. The second kappa shape index (κ2) is 7.16. The van der Waals surface area contributed by atoms with Gasteiger partial charge in [-0.15, -0.1) is 0 Å². The zero-order chi connectivity index (χ0) is 14.4. The van der Waals surface area contributed by atoms with Gasteiger partial charge in [-0.2, -0.15) is 11.8 Å². The smallest absolute Gasteiger partial charge is 0.133 e. The van der Waals surface area contributed by atoms with Crippen molar-refractivity contribution in [2.24, 2.45) is 0 Å². The first kappa shape index (κ1) is 15.4. The second-order valence-corrected chi connectivity index (χ2v) is 6.70. The van der Waals surface area contributed by atoms with Gasteiger partial charge in [0, 0.05) is 30.3 Å². The van der Waals surface area contributed by atoms with E-state index in [9.17, 15) is 0 Å². The summed E-state index contributed by atoms with van der Waals surface area (Å²) in [7, 11) is 0. The Morgan fingerprint density at radius 3 is 2.40 bits per heavy atom. The maximum Gasteiger partial charge on any atom is 0.133 e. The van der Waals surface area contributed by atoms with E-state index in [1.165, 1.54) is 19.3 Å². The van der Waals surface area contributed by atoms with Gasteiger partial charge in [0.15, 0.2) is 0 Å². The van der Waals surface area contributed by atoms with Crippen LogP contribution >= 0.6 is 11.8 Å². The summed E-state index contributed by atoms with van der Waals surface area (Å²) >= 11 is 1.99. The van der Waals surface area contributed by atoms with Crippen LogP contribution in [0.25, 0.3) is 0 Å². The molecule has 1 aliphatic rings. The zero-order valence-electron chi connectivity index (χ0n) is 12.8. The number of thioether (sulfide) groups is 1. The highest BCUT2D eigenvalue weighted by Gasteiger charge is 2.35. The molecular formula is C15H26N4S. The maximum atomic E-state index is 4.63. The molecule has 0 bridgehead atoms. The van der Waals surface area contributed by atoms with Crippen LogP contribution in [0.1, 0.15) is 45.4 Å². The Hall–Kier alpha value is -0.970. The predicted octanol–water partition coefficient (Wildman–Crippen LogP) is 3.56. The summed E-state index contributed by atoms with van der Waals surface area (Å²) in [6.07, 6.45) is 8.21. The number of hydrogen-bond acceptors (Lipinski definition) is 5. The molecule has 5 heteroatoms. The van der Waals surface area contributed by atoms with Crippen LogP contribution in [-0.4, -0.2) is 34.1 Å². The van der Waals surface area contributed by atoms with Crippen LogP contribution in [-0.2, 0) is 6.42 Å². The summed E-state index contributed by atoms with van der Waals surface area (Å²) < 4.78 is 0.425. The van der Waals surface area contributed by atoms with E-state index in [0.717, 1.165) is 43.4 Å².